The van der Waals surface area contributed by atoms with Crippen molar-refractivity contribution in [3.05, 3.63) is 246 Å². The molecule has 1 aliphatic rings. The van der Waals surface area contributed by atoms with E-state index < -0.39 is 7.12 Å². The van der Waals surface area contributed by atoms with Gasteiger partial charge in [-0.25, -0.2) is 29.9 Å². The minimum Gasteiger partial charge on any atom is -0.399 e. The average molecular weight is 1320 g/mol. The average Bonchev–Trinajstić information content (AvgIpc) is 1.74. The molecule has 0 N–H and O–H groups in total. The van der Waals surface area contributed by atoms with E-state index in [4.69, 9.17) is 29.2 Å². The molecule has 424 valence electrons. The van der Waals surface area contributed by atoms with Crippen LogP contribution >= 0.6 is 65.9 Å². The minimum atomic E-state index is -0.445. The first-order valence-corrected chi connectivity index (χ1v) is 32.8. The first-order chi connectivity index (χ1) is 42.9. The van der Waals surface area contributed by atoms with Crippen molar-refractivity contribution in [2.45, 2.75) is 38.9 Å². The summed E-state index contributed by atoms with van der Waals surface area (Å²) in [4.78, 5) is 28.6. The predicted octanol–water partition coefficient (Wildman–Crippen LogP) is 21.0. The first kappa shape index (κ1) is 56.1. The number of benzene rings is 10. The maximum Gasteiger partial charge on any atom is 0.498 e. The van der Waals surface area contributed by atoms with Gasteiger partial charge in [-0.2, -0.15) is 0 Å². The molecule has 0 bridgehead atoms. The van der Waals surface area contributed by atoms with Crippen LogP contribution in [0.25, 0.3) is 138 Å². The number of halogens is 2. The summed E-state index contributed by atoms with van der Waals surface area (Å²) in [6, 6.07) is 70.2. The Bertz CT molecular complexity index is 5100. The lowest BCUT2D eigenvalue weighted by Gasteiger charge is -2.32. The van der Waals surface area contributed by atoms with Crippen molar-refractivity contribution < 1.29 is 9.31 Å². The van der Waals surface area contributed by atoms with Gasteiger partial charge in [0.15, 0.2) is 17.5 Å². The maximum atomic E-state index is 6.11. The van der Waals surface area contributed by atoms with E-state index in [1.807, 2.05) is 64.9 Å². The molecule has 10 aromatic carbocycles. The van der Waals surface area contributed by atoms with E-state index >= 15 is 0 Å². The Balaban J connectivity index is 0.000000136. The van der Waals surface area contributed by atoms with E-state index in [9.17, 15) is 0 Å². The van der Waals surface area contributed by atoms with Gasteiger partial charge in [-0.05, 0) is 133 Å². The predicted molar refractivity (Wildman–Crippen MR) is 378 cm³/mol. The van der Waals surface area contributed by atoms with Crippen molar-refractivity contribution in [1.82, 2.24) is 29.9 Å². The third-order valence-corrected chi connectivity index (χ3v) is 21.4. The van der Waals surface area contributed by atoms with Crippen LogP contribution in [-0.4, -0.2) is 48.2 Å². The Morgan fingerprint density at radius 2 is 0.659 bits per heavy atom. The fraction of sp³-hybridized carbons (Fsp3) is 0.0811. The number of aromatic nitrogens is 6. The molecule has 16 aromatic rings. The van der Waals surface area contributed by atoms with Crippen LogP contribution in [-0.2, 0) is 9.31 Å². The fourth-order valence-corrected chi connectivity index (χ4v) is 15.8. The molecule has 6 aromatic heterocycles. The summed E-state index contributed by atoms with van der Waals surface area (Å²) in [5.74, 6) is 2.20. The van der Waals surface area contributed by atoms with Crippen LogP contribution in [0.15, 0.2) is 246 Å². The zero-order valence-electron chi connectivity index (χ0n) is 48.1. The van der Waals surface area contributed by atoms with Gasteiger partial charge in [0.25, 0.3) is 0 Å². The van der Waals surface area contributed by atoms with Crippen molar-refractivity contribution in [1.29, 1.82) is 0 Å². The van der Waals surface area contributed by atoms with Crippen molar-refractivity contribution in [2.24, 2.45) is 0 Å². The highest BCUT2D eigenvalue weighted by atomic mass is 79.9. The molecular weight excluding hydrogens is 1270 g/mol. The molecule has 1 fully saturated rings. The van der Waals surface area contributed by atoms with E-state index in [1.54, 1.807) is 34.0 Å². The minimum absolute atomic E-state index is 0.376. The lowest BCUT2D eigenvalue weighted by molar-refractivity contribution is 0.00578. The molecule has 14 heteroatoms. The zero-order chi connectivity index (χ0) is 59.7. The van der Waals surface area contributed by atoms with Crippen molar-refractivity contribution in [3.63, 3.8) is 0 Å². The molecule has 0 amide bonds. The van der Waals surface area contributed by atoms with Crippen LogP contribution in [0, 0.1) is 0 Å². The van der Waals surface area contributed by atoms with E-state index in [2.05, 4.69) is 242 Å². The molecule has 0 atom stereocenters. The first-order valence-electron chi connectivity index (χ1n) is 28.8. The lowest BCUT2D eigenvalue weighted by atomic mass is 9.81. The van der Waals surface area contributed by atoms with Gasteiger partial charge >= 0.3 is 7.12 Å². The van der Waals surface area contributed by atoms with Gasteiger partial charge in [0.05, 0.1) is 11.2 Å². The molecule has 0 radical (unpaired) electrons. The number of thiophene rings is 3. The van der Waals surface area contributed by atoms with Gasteiger partial charge in [0.1, 0.15) is 0 Å². The highest BCUT2D eigenvalue weighted by Gasteiger charge is 2.52. The summed E-state index contributed by atoms with van der Waals surface area (Å²) in [7, 11) is -0.445. The smallest absolute Gasteiger partial charge is 0.399 e. The van der Waals surface area contributed by atoms with E-state index in [0.29, 0.717) is 0 Å². The van der Waals surface area contributed by atoms with Crippen molar-refractivity contribution in [2.75, 3.05) is 0 Å². The van der Waals surface area contributed by atoms with Gasteiger partial charge in [0, 0.05) is 140 Å². The molecular formula is C74H51BBr2N6O2S3. The highest BCUT2D eigenvalue weighted by Crippen LogP contribution is 2.43. The van der Waals surface area contributed by atoms with Crippen LogP contribution in [0.1, 0.15) is 27.7 Å². The highest BCUT2D eigenvalue weighted by molar-refractivity contribution is 9.10. The number of rotatable bonds is 6. The van der Waals surface area contributed by atoms with Crippen molar-refractivity contribution in [3.8, 4) is 56.4 Å². The number of nitrogens with zero attached hydrogens (tertiary/aromatic N) is 6. The molecule has 17 rings (SSSR count). The quantitative estimate of drug-likeness (QED) is 0.152. The van der Waals surface area contributed by atoms with Gasteiger partial charge in [-0.1, -0.05) is 159 Å². The molecule has 0 aliphatic carbocycles. The second kappa shape index (κ2) is 22.9. The molecule has 1 saturated heterocycles. The molecule has 0 saturated carbocycles. The van der Waals surface area contributed by atoms with Crippen LogP contribution in [0.4, 0.5) is 0 Å². The summed E-state index contributed by atoms with van der Waals surface area (Å²) in [5.41, 5.74) is 7.40. The number of fused-ring (bicyclic) bond motifs is 11. The standard InChI is InChI=1S/C42H24N4S2.C22H21BN2O2S.C10H6Br2/c1-3-13-37-31(7-1)33-9-5-11-35(39(33)47-37)41-43-21-29(22-44-41)26-17-15-25-16-18-27(20-28(25)19-26)30-23-45-42(46-24-30)36-12-6-10-34-32-8-2-4-14-38(32)48-40(34)36;1-21(2)22(3,4)27-23(26-21)14-12-24-20(25-13-14)17-10-7-9-16-15-8-5-6-11-18(15)28-19(16)17;11-9-3-1-7-2-4-10(12)6-8(7)5-9/h1-24H;5-13H,1-4H3;1-6H. The van der Waals surface area contributed by atoms with Gasteiger partial charge in [0.2, 0.25) is 0 Å². The van der Waals surface area contributed by atoms with Crippen LogP contribution in [0.5, 0.6) is 0 Å². The molecule has 8 nitrogen and oxygen atoms in total. The Kier molecular flexibility index (Phi) is 14.6. The largest absolute Gasteiger partial charge is 0.498 e. The number of hydrogen-bond acceptors (Lipinski definition) is 11. The van der Waals surface area contributed by atoms with E-state index in [1.165, 1.54) is 76.7 Å². The third kappa shape index (κ3) is 10.6. The summed E-state index contributed by atoms with van der Waals surface area (Å²) in [6.07, 6.45) is 11.4. The normalized spacial score (nSPS) is 13.6. The lowest BCUT2D eigenvalue weighted by Crippen LogP contribution is -2.41. The van der Waals surface area contributed by atoms with Crippen LogP contribution in [0.2, 0.25) is 0 Å². The van der Waals surface area contributed by atoms with Gasteiger partial charge in [-0.3, -0.25) is 0 Å². The zero-order valence-corrected chi connectivity index (χ0v) is 53.7. The molecule has 7 heterocycles. The number of hydrogen-bond donors (Lipinski definition) is 0. The second-order valence-electron chi connectivity index (χ2n) is 22.8. The summed E-state index contributed by atoms with van der Waals surface area (Å²) >= 11 is 12.3. The summed E-state index contributed by atoms with van der Waals surface area (Å²) in [6.45, 7) is 8.18. The van der Waals surface area contributed by atoms with Gasteiger partial charge < -0.3 is 9.31 Å². The second-order valence-corrected chi connectivity index (χ2v) is 27.8. The maximum absolute atomic E-state index is 6.11. The summed E-state index contributed by atoms with van der Waals surface area (Å²) in [5, 5.41) is 12.4. The van der Waals surface area contributed by atoms with E-state index in [0.717, 1.165) is 76.2 Å². The Morgan fingerprint density at radius 1 is 0.330 bits per heavy atom. The molecule has 0 spiro atoms. The Labute approximate surface area is 537 Å². The molecule has 1 aliphatic heterocycles. The van der Waals surface area contributed by atoms with Crippen LogP contribution in [0.3, 0.4) is 0 Å². The van der Waals surface area contributed by atoms with Crippen LogP contribution < -0.4 is 5.46 Å². The molecule has 88 heavy (non-hydrogen) atoms. The molecule has 0 unspecified atom stereocenters. The SMILES string of the molecule is Brc1ccc2ccc(Br)cc2c1.CC1(C)OB(c2cnc(-c3cccc4c3sc3ccccc34)nc2)OC1(C)C.c1ccc2c(c1)sc1c(-c3ncc(-c4ccc5ccc(-c6cnc(-c7cccc8c7sc7ccccc78)nc6)cc5c4)cn3)cccc12. The Morgan fingerprint density at radius 3 is 1.05 bits per heavy atom. The van der Waals surface area contributed by atoms with E-state index in [-0.39, 0.29) is 11.2 Å². The summed E-state index contributed by atoms with van der Waals surface area (Å²) < 4.78 is 21.9. The monoisotopic (exact) mass is 1320 g/mol. The third-order valence-electron chi connectivity index (χ3n) is 16.7. The van der Waals surface area contributed by atoms with Crippen molar-refractivity contribution >= 4 is 161 Å². The topological polar surface area (TPSA) is 95.8 Å². The van der Waals surface area contributed by atoms with Gasteiger partial charge in [-0.15, -0.1) is 34.0 Å². The fourth-order valence-electron chi connectivity index (χ4n) is 11.4. The Hall–Kier alpha value is -8.44.